The van der Waals surface area contributed by atoms with E-state index in [-0.39, 0.29) is 42.9 Å². The summed E-state index contributed by atoms with van der Waals surface area (Å²) < 4.78 is 10.9. The van der Waals surface area contributed by atoms with E-state index in [1.54, 1.807) is 35.2 Å². The van der Waals surface area contributed by atoms with Gasteiger partial charge in [0.1, 0.15) is 12.4 Å². The molecule has 1 saturated carbocycles. The summed E-state index contributed by atoms with van der Waals surface area (Å²) in [6.07, 6.45) is 3.32. The van der Waals surface area contributed by atoms with Crippen LogP contribution in [0, 0.1) is 0 Å². The summed E-state index contributed by atoms with van der Waals surface area (Å²) in [6.45, 7) is 2.54. The van der Waals surface area contributed by atoms with Gasteiger partial charge in [0.2, 0.25) is 5.91 Å². The van der Waals surface area contributed by atoms with E-state index in [4.69, 9.17) is 15.2 Å². The molecule has 1 fully saturated rings. The summed E-state index contributed by atoms with van der Waals surface area (Å²) >= 11 is 0. The van der Waals surface area contributed by atoms with E-state index in [2.05, 4.69) is 10.6 Å². The van der Waals surface area contributed by atoms with Gasteiger partial charge in [-0.25, -0.2) is 0 Å². The maximum absolute atomic E-state index is 13.5. The number of benzene rings is 3. The van der Waals surface area contributed by atoms with E-state index in [0.717, 1.165) is 36.0 Å². The first-order chi connectivity index (χ1) is 21.9. The Hall–Kier alpha value is -4.74. The predicted octanol–water partition coefficient (Wildman–Crippen LogP) is 3.32. The molecule has 0 spiro atoms. The number of nitrogens with one attached hydrogen (secondary N) is 2. The normalized spacial score (nSPS) is 15.3. The summed E-state index contributed by atoms with van der Waals surface area (Å²) in [4.78, 5) is 54.3. The minimum absolute atomic E-state index is 0.0346. The minimum atomic E-state index is -0.222. The van der Waals surface area contributed by atoms with Crippen LogP contribution in [0.3, 0.4) is 0 Å². The minimum Gasteiger partial charge on any atom is -0.482 e. The summed E-state index contributed by atoms with van der Waals surface area (Å²) in [6, 6.07) is 18.3. The van der Waals surface area contributed by atoms with Gasteiger partial charge in [0.25, 0.3) is 17.7 Å². The van der Waals surface area contributed by atoms with E-state index >= 15 is 0 Å². The Morgan fingerprint density at radius 3 is 2.60 bits per heavy atom. The molecule has 3 aromatic carbocycles. The van der Waals surface area contributed by atoms with Gasteiger partial charge in [-0.05, 0) is 91.4 Å². The van der Waals surface area contributed by atoms with E-state index in [9.17, 15) is 19.2 Å². The van der Waals surface area contributed by atoms with Crippen LogP contribution in [0.2, 0.25) is 0 Å². The lowest BCUT2D eigenvalue weighted by Crippen LogP contribution is -2.38. The number of carbonyl (C=O) groups is 4. The van der Waals surface area contributed by atoms with Crippen molar-refractivity contribution < 1.29 is 28.7 Å². The second-order valence-electron chi connectivity index (χ2n) is 11.6. The van der Waals surface area contributed by atoms with Crippen LogP contribution >= 0.6 is 0 Å². The van der Waals surface area contributed by atoms with Gasteiger partial charge in [0.15, 0.2) is 6.61 Å². The predicted molar refractivity (Wildman–Crippen MR) is 168 cm³/mol. The van der Waals surface area contributed by atoms with E-state index in [0.29, 0.717) is 67.5 Å². The number of ether oxygens (including phenoxy) is 2. The fraction of sp³-hybridized carbons (Fsp3) is 0.353. The molecular weight excluding hydrogens is 574 g/mol. The summed E-state index contributed by atoms with van der Waals surface area (Å²) in [5, 5.41) is 5.73. The van der Waals surface area contributed by atoms with Crippen molar-refractivity contribution in [2.75, 3.05) is 43.5 Å². The van der Waals surface area contributed by atoms with Crippen LogP contribution in [0.15, 0.2) is 60.7 Å². The van der Waals surface area contributed by atoms with E-state index < -0.39 is 0 Å². The largest absolute Gasteiger partial charge is 0.482 e. The molecule has 0 saturated heterocycles. The van der Waals surface area contributed by atoms with Crippen molar-refractivity contribution >= 4 is 35.0 Å². The van der Waals surface area contributed by atoms with Gasteiger partial charge >= 0.3 is 0 Å². The summed E-state index contributed by atoms with van der Waals surface area (Å²) in [5.41, 5.74) is 10.8. The molecule has 2 aliphatic heterocycles. The van der Waals surface area contributed by atoms with Crippen molar-refractivity contribution in [3.8, 4) is 5.75 Å². The highest BCUT2D eigenvalue weighted by atomic mass is 16.5. The first-order valence-corrected chi connectivity index (χ1v) is 15.3. The van der Waals surface area contributed by atoms with Crippen LogP contribution in [0.1, 0.15) is 56.7 Å². The van der Waals surface area contributed by atoms with Crippen molar-refractivity contribution in [1.29, 1.82) is 0 Å². The number of rotatable bonds is 11. The third-order valence-electron chi connectivity index (χ3n) is 8.23. The fourth-order valence-electron chi connectivity index (χ4n) is 5.57. The summed E-state index contributed by atoms with van der Waals surface area (Å²) in [7, 11) is 0. The molecule has 4 N–H and O–H groups in total. The van der Waals surface area contributed by atoms with E-state index in [1.807, 2.05) is 35.2 Å². The average molecular weight is 612 g/mol. The van der Waals surface area contributed by atoms with Crippen LogP contribution in [-0.2, 0) is 33.8 Å². The zero-order valence-electron chi connectivity index (χ0n) is 25.1. The number of nitrogens with zero attached hydrogens (tertiary/aromatic N) is 2. The molecule has 0 atom stereocenters. The molecule has 3 aromatic rings. The first-order valence-electron chi connectivity index (χ1n) is 15.3. The lowest BCUT2D eigenvalue weighted by atomic mass is 9.99. The number of carbonyl (C=O) groups excluding carboxylic acids is 4. The Bertz CT molecular complexity index is 1600. The van der Waals surface area contributed by atoms with Gasteiger partial charge in [0.05, 0.1) is 5.69 Å². The average Bonchev–Trinajstić information content (AvgIpc) is 3.90. The third kappa shape index (κ3) is 7.33. The molecular formula is C34H37N5O6. The van der Waals surface area contributed by atoms with Crippen molar-refractivity contribution in [2.45, 2.75) is 44.8 Å². The number of hydrogen-bond donors (Lipinski definition) is 3. The topological polar surface area (TPSA) is 143 Å². The van der Waals surface area contributed by atoms with Crippen molar-refractivity contribution in [3.63, 3.8) is 0 Å². The zero-order chi connectivity index (χ0) is 31.3. The zero-order valence-corrected chi connectivity index (χ0v) is 25.1. The maximum atomic E-state index is 13.5. The number of fused-ring (bicyclic) bond motifs is 2. The highest BCUT2D eigenvalue weighted by Gasteiger charge is 2.33. The smallest absolute Gasteiger partial charge is 0.262 e. The van der Waals surface area contributed by atoms with Crippen LogP contribution < -0.4 is 21.1 Å². The standard InChI is InChI=1S/C34H37N5O6/c35-13-1-15-44-21-32(41)38-14-12-24-16-27(8-6-26(24)19-38)36-33(42)23-4-2-22(3-5-23)18-39(28-9-10-28)34(43)25-7-11-29-30(17-25)45-20-31(40)37-29/h2-8,11,16-17,28H,1,9-10,12-15,18-21,35H2,(H,36,42)(H,37,40). The van der Waals surface area contributed by atoms with E-state index in [1.165, 1.54) is 0 Å². The number of nitrogens with two attached hydrogens (primary N) is 1. The van der Waals surface area contributed by atoms with Gasteiger partial charge in [-0.2, -0.15) is 0 Å². The number of anilines is 2. The molecule has 2 heterocycles. The highest BCUT2D eigenvalue weighted by Crippen LogP contribution is 2.33. The lowest BCUT2D eigenvalue weighted by molar-refractivity contribution is -0.137. The molecule has 234 valence electrons. The Kier molecular flexibility index (Phi) is 9.08. The first kappa shape index (κ1) is 30.3. The summed E-state index contributed by atoms with van der Waals surface area (Å²) in [5.74, 6) is -0.0864. The van der Waals surface area contributed by atoms with Gasteiger partial charge in [-0.15, -0.1) is 0 Å². The molecule has 0 bridgehead atoms. The van der Waals surface area contributed by atoms with Crippen LogP contribution in [0.25, 0.3) is 0 Å². The number of amides is 4. The van der Waals surface area contributed by atoms with Crippen molar-refractivity contribution in [3.05, 3.63) is 88.5 Å². The second kappa shape index (κ2) is 13.5. The molecule has 11 nitrogen and oxygen atoms in total. The highest BCUT2D eigenvalue weighted by molar-refractivity contribution is 6.04. The quantitative estimate of drug-likeness (QED) is 0.282. The Balaban J connectivity index is 1.04. The Labute approximate surface area is 261 Å². The van der Waals surface area contributed by atoms with Crippen LogP contribution in [0.5, 0.6) is 5.75 Å². The maximum Gasteiger partial charge on any atom is 0.262 e. The van der Waals surface area contributed by atoms with Gasteiger partial charge in [0, 0.05) is 49.1 Å². The molecule has 6 rings (SSSR count). The van der Waals surface area contributed by atoms with Crippen LogP contribution in [0.4, 0.5) is 11.4 Å². The Morgan fingerprint density at radius 2 is 1.82 bits per heavy atom. The molecule has 11 heteroatoms. The van der Waals surface area contributed by atoms with Crippen molar-refractivity contribution in [2.24, 2.45) is 5.73 Å². The Morgan fingerprint density at radius 1 is 1.02 bits per heavy atom. The molecule has 0 unspecified atom stereocenters. The molecule has 3 aliphatic rings. The molecule has 0 radical (unpaired) electrons. The van der Waals surface area contributed by atoms with Gasteiger partial charge in [-0.1, -0.05) is 18.2 Å². The molecule has 0 aromatic heterocycles. The SMILES string of the molecule is NCCCOCC(=O)N1CCc2cc(NC(=O)c3ccc(CN(C(=O)c4ccc5c(c4)OCC(=O)N5)C4CC4)cc3)ccc2C1. The van der Waals surface area contributed by atoms with Gasteiger partial charge < -0.3 is 35.6 Å². The second-order valence-corrected chi connectivity index (χ2v) is 11.6. The molecule has 4 amide bonds. The fourth-order valence-corrected chi connectivity index (χ4v) is 5.57. The molecule has 1 aliphatic carbocycles. The molecule has 45 heavy (non-hydrogen) atoms. The third-order valence-corrected chi connectivity index (χ3v) is 8.23. The lowest BCUT2D eigenvalue weighted by Gasteiger charge is -2.29. The number of hydrogen-bond acceptors (Lipinski definition) is 7. The van der Waals surface area contributed by atoms with Crippen LogP contribution in [-0.4, -0.2) is 72.4 Å². The monoisotopic (exact) mass is 611 g/mol. The van der Waals surface area contributed by atoms with Gasteiger partial charge in [-0.3, -0.25) is 19.2 Å². The van der Waals surface area contributed by atoms with Crippen molar-refractivity contribution in [1.82, 2.24) is 9.80 Å².